The van der Waals surface area contributed by atoms with Crippen LogP contribution in [0.25, 0.3) is 0 Å². The van der Waals surface area contributed by atoms with Gasteiger partial charge in [0.1, 0.15) is 5.75 Å². The van der Waals surface area contributed by atoms with Crippen molar-refractivity contribution in [3.8, 4) is 5.75 Å². The van der Waals surface area contributed by atoms with Crippen LogP contribution in [0.15, 0.2) is 30.3 Å². The second kappa shape index (κ2) is 9.89. The minimum atomic E-state index is 0.870. The van der Waals surface area contributed by atoms with E-state index in [-0.39, 0.29) is 0 Å². The van der Waals surface area contributed by atoms with E-state index in [1.165, 1.54) is 11.3 Å². The van der Waals surface area contributed by atoms with Gasteiger partial charge in [-0.2, -0.15) is 5.10 Å². The number of aromatic nitrogens is 2. The van der Waals surface area contributed by atoms with Crippen molar-refractivity contribution in [3.05, 3.63) is 47.3 Å². The van der Waals surface area contributed by atoms with Gasteiger partial charge in [-0.15, -0.1) is 0 Å². The molecule has 6 nitrogen and oxygen atoms in total. The van der Waals surface area contributed by atoms with Crippen LogP contribution in [0.3, 0.4) is 0 Å². The Kier molecular flexibility index (Phi) is 7.28. The number of nitrogens with one attached hydrogen (secondary N) is 1. The molecule has 152 valence electrons. The summed E-state index contributed by atoms with van der Waals surface area (Å²) >= 11 is 5.59. The summed E-state index contributed by atoms with van der Waals surface area (Å²) in [6, 6.07) is 10.4. The summed E-state index contributed by atoms with van der Waals surface area (Å²) in [5.74, 6) is 0.918. The van der Waals surface area contributed by atoms with Crippen LogP contribution >= 0.6 is 12.2 Å². The Labute approximate surface area is 173 Å². The maximum atomic E-state index is 5.59. The lowest BCUT2D eigenvalue weighted by Crippen LogP contribution is -2.51. The lowest BCUT2D eigenvalue weighted by molar-refractivity contribution is 0.174. The molecule has 3 rings (SSSR count). The van der Waals surface area contributed by atoms with Crippen molar-refractivity contribution in [2.24, 2.45) is 0 Å². The van der Waals surface area contributed by atoms with Gasteiger partial charge < -0.3 is 15.0 Å². The molecule has 28 heavy (non-hydrogen) atoms. The van der Waals surface area contributed by atoms with Gasteiger partial charge in [0.25, 0.3) is 0 Å². The van der Waals surface area contributed by atoms with E-state index >= 15 is 0 Å². The molecule has 1 aromatic carbocycles. The maximum absolute atomic E-state index is 5.59. The van der Waals surface area contributed by atoms with Crippen LogP contribution in [0.5, 0.6) is 5.75 Å². The maximum Gasteiger partial charge on any atom is 0.169 e. The Morgan fingerprint density at radius 3 is 2.64 bits per heavy atom. The molecule has 2 heterocycles. The first-order valence-electron chi connectivity index (χ1n) is 9.94. The van der Waals surface area contributed by atoms with E-state index < -0.39 is 0 Å². The Morgan fingerprint density at radius 2 is 1.96 bits per heavy atom. The Hall–Kier alpha value is -2.12. The van der Waals surface area contributed by atoms with Gasteiger partial charge >= 0.3 is 0 Å². The highest BCUT2D eigenvalue weighted by molar-refractivity contribution is 7.80. The fraction of sp³-hybridized carbons (Fsp3) is 0.524. The number of ether oxygens (including phenoxy) is 1. The van der Waals surface area contributed by atoms with Crippen LogP contribution in [-0.2, 0) is 13.1 Å². The predicted molar refractivity (Wildman–Crippen MR) is 117 cm³/mol. The monoisotopic (exact) mass is 401 g/mol. The lowest BCUT2D eigenvalue weighted by atomic mass is 10.2. The number of piperazine rings is 1. The number of nitrogens with zero attached hydrogens (tertiary/aromatic N) is 4. The van der Waals surface area contributed by atoms with E-state index in [1.807, 2.05) is 13.0 Å². The van der Waals surface area contributed by atoms with Gasteiger partial charge in [-0.25, -0.2) is 0 Å². The van der Waals surface area contributed by atoms with E-state index in [2.05, 4.69) is 56.1 Å². The topological polar surface area (TPSA) is 45.6 Å². The third kappa shape index (κ3) is 5.69. The van der Waals surface area contributed by atoms with E-state index in [0.29, 0.717) is 0 Å². The molecule has 7 heteroatoms. The first-order valence-corrected chi connectivity index (χ1v) is 10.3. The molecule has 1 N–H and O–H groups in total. The number of thiocarbonyl (C=S) groups is 1. The number of benzene rings is 1. The molecule has 1 aromatic heterocycles. The molecule has 0 radical (unpaired) electrons. The first-order chi connectivity index (χ1) is 13.5. The molecule has 1 aliphatic heterocycles. The van der Waals surface area contributed by atoms with Gasteiger partial charge in [0.15, 0.2) is 5.11 Å². The molecule has 0 spiro atoms. The van der Waals surface area contributed by atoms with Gasteiger partial charge in [-0.05, 0) is 56.2 Å². The van der Waals surface area contributed by atoms with Gasteiger partial charge in [0.2, 0.25) is 0 Å². The number of rotatable bonds is 7. The van der Waals surface area contributed by atoms with Gasteiger partial charge in [0, 0.05) is 51.5 Å². The van der Waals surface area contributed by atoms with Crippen molar-refractivity contribution in [1.82, 2.24) is 24.9 Å². The molecule has 0 saturated carbocycles. The Morgan fingerprint density at radius 1 is 1.18 bits per heavy atom. The van der Waals surface area contributed by atoms with Crippen LogP contribution in [-0.4, -0.2) is 64.5 Å². The van der Waals surface area contributed by atoms with Crippen LogP contribution in [0.2, 0.25) is 0 Å². The van der Waals surface area contributed by atoms with Gasteiger partial charge in [-0.3, -0.25) is 9.58 Å². The second-order valence-electron chi connectivity index (χ2n) is 7.35. The third-order valence-corrected chi connectivity index (χ3v) is 5.53. The van der Waals surface area contributed by atoms with Crippen LogP contribution < -0.4 is 10.1 Å². The average Bonchev–Trinajstić information content (AvgIpc) is 3.03. The summed E-state index contributed by atoms with van der Waals surface area (Å²) in [6.07, 6.45) is 1.01. The molecule has 0 aliphatic carbocycles. The zero-order valence-electron chi connectivity index (χ0n) is 17.1. The van der Waals surface area contributed by atoms with Crippen LogP contribution in [0.1, 0.15) is 23.4 Å². The Bertz CT molecular complexity index is 783. The molecular formula is C21H31N5OS. The smallest absolute Gasteiger partial charge is 0.169 e. The molecule has 0 bridgehead atoms. The van der Waals surface area contributed by atoms with Gasteiger partial charge in [0.05, 0.1) is 12.8 Å². The zero-order valence-corrected chi connectivity index (χ0v) is 18.0. The van der Waals surface area contributed by atoms with Gasteiger partial charge in [-0.1, -0.05) is 12.1 Å². The van der Waals surface area contributed by atoms with Crippen LogP contribution in [0, 0.1) is 13.8 Å². The minimum Gasteiger partial charge on any atom is -0.497 e. The summed E-state index contributed by atoms with van der Waals surface area (Å²) in [4.78, 5) is 4.75. The first kappa shape index (κ1) is 20.6. The SMILES string of the molecule is COc1cccc(CN2CCN(C(=S)NCCCn3nc(C)cc3C)CC2)c1. The van der Waals surface area contributed by atoms with E-state index in [0.717, 1.165) is 68.8 Å². The minimum absolute atomic E-state index is 0.870. The molecule has 0 unspecified atom stereocenters. The molecule has 1 aliphatic rings. The van der Waals surface area contributed by atoms with E-state index in [4.69, 9.17) is 17.0 Å². The number of aryl methyl sites for hydroxylation is 3. The predicted octanol–water partition coefficient (Wildman–Crippen LogP) is 2.59. The molecule has 0 amide bonds. The standard InChI is InChI=1S/C21H31N5OS/c1-17-14-18(2)26(23-17)9-5-8-22-21(28)25-12-10-24(11-13-25)16-19-6-4-7-20(15-19)27-3/h4,6-7,14-15H,5,8-13,16H2,1-3H3,(H,22,28). The molecule has 2 aromatic rings. The lowest BCUT2D eigenvalue weighted by Gasteiger charge is -2.36. The molecule has 1 fully saturated rings. The molecule has 1 saturated heterocycles. The fourth-order valence-corrected chi connectivity index (χ4v) is 3.86. The summed E-state index contributed by atoms with van der Waals surface area (Å²) in [5, 5.41) is 8.78. The van der Waals surface area contributed by atoms with Crippen LogP contribution in [0.4, 0.5) is 0 Å². The highest BCUT2D eigenvalue weighted by Crippen LogP contribution is 2.15. The molecular weight excluding hydrogens is 370 g/mol. The summed E-state index contributed by atoms with van der Waals surface area (Å²) in [7, 11) is 1.71. The normalized spacial score (nSPS) is 14.9. The zero-order chi connectivity index (χ0) is 19.9. The number of hydrogen-bond acceptors (Lipinski definition) is 4. The van der Waals surface area contributed by atoms with E-state index in [1.54, 1.807) is 7.11 Å². The van der Waals surface area contributed by atoms with E-state index in [9.17, 15) is 0 Å². The van der Waals surface area contributed by atoms with Crippen molar-refractivity contribution in [2.75, 3.05) is 39.8 Å². The van der Waals surface area contributed by atoms with Crippen molar-refractivity contribution in [1.29, 1.82) is 0 Å². The summed E-state index contributed by atoms with van der Waals surface area (Å²) in [6.45, 7) is 10.8. The van der Waals surface area contributed by atoms with Crippen molar-refractivity contribution in [3.63, 3.8) is 0 Å². The average molecular weight is 402 g/mol. The van der Waals surface area contributed by atoms with Crippen molar-refractivity contribution in [2.45, 2.75) is 33.4 Å². The Balaban J connectivity index is 1.36. The molecule has 0 atom stereocenters. The highest BCUT2D eigenvalue weighted by Gasteiger charge is 2.18. The fourth-order valence-electron chi connectivity index (χ4n) is 3.58. The largest absolute Gasteiger partial charge is 0.497 e. The third-order valence-electron chi connectivity index (χ3n) is 5.13. The highest BCUT2D eigenvalue weighted by atomic mass is 32.1. The summed E-state index contributed by atoms with van der Waals surface area (Å²) < 4.78 is 7.38. The summed E-state index contributed by atoms with van der Waals surface area (Å²) in [5.41, 5.74) is 3.58. The second-order valence-corrected chi connectivity index (χ2v) is 7.74. The number of methoxy groups -OCH3 is 1. The van der Waals surface area contributed by atoms with Crippen molar-refractivity contribution < 1.29 is 4.74 Å². The van der Waals surface area contributed by atoms with Crippen molar-refractivity contribution >= 4 is 17.3 Å². The quantitative estimate of drug-likeness (QED) is 0.568. The number of hydrogen-bond donors (Lipinski definition) is 1.